The van der Waals surface area contributed by atoms with E-state index in [-0.39, 0.29) is 6.03 Å². The van der Waals surface area contributed by atoms with Crippen molar-refractivity contribution >= 4 is 29.2 Å². The van der Waals surface area contributed by atoms with Crippen LogP contribution in [0.3, 0.4) is 0 Å². The molecule has 0 aliphatic carbocycles. The molecule has 1 aliphatic rings. The van der Waals surface area contributed by atoms with Gasteiger partial charge in [-0.05, 0) is 43.3 Å². The normalized spacial score (nSPS) is 13.4. The fraction of sp³-hybridized carbons (Fsp3) is 0.304. The zero-order valence-corrected chi connectivity index (χ0v) is 18.9. The number of hydrogen-bond acceptors (Lipinski definition) is 8. The van der Waals surface area contributed by atoms with Gasteiger partial charge in [0.25, 0.3) is 0 Å². The van der Waals surface area contributed by atoms with Gasteiger partial charge in [-0.1, -0.05) is 6.07 Å². The Hall–Kier alpha value is -4.08. The van der Waals surface area contributed by atoms with Crippen LogP contribution in [0, 0.1) is 6.92 Å². The third-order valence-corrected chi connectivity index (χ3v) is 5.32. The van der Waals surface area contributed by atoms with Gasteiger partial charge in [0, 0.05) is 43.6 Å². The molecule has 1 fully saturated rings. The van der Waals surface area contributed by atoms with Crippen LogP contribution >= 0.6 is 0 Å². The number of methoxy groups -OCH3 is 2. The van der Waals surface area contributed by atoms with Crippen molar-refractivity contribution in [2.45, 2.75) is 6.92 Å². The molecule has 3 aromatic rings. The standard InChI is InChI=1S/C23H27N7O3/c1-16-5-4-6-20(24-16)26-21-9-10-22(28-27-21)29-11-13-30(14-12-29)23(31)25-17-7-8-18(32-2)19(15-17)33-3/h4-10,15H,11-14H2,1-3H3,(H,25,31)(H,24,26,27). The molecule has 2 N–H and O–H groups in total. The summed E-state index contributed by atoms with van der Waals surface area (Å²) in [4.78, 5) is 21.0. The van der Waals surface area contributed by atoms with Crippen molar-refractivity contribution in [2.75, 3.05) is 55.9 Å². The third-order valence-electron chi connectivity index (χ3n) is 5.32. The predicted octanol–water partition coefficient (Wildman–Crippen LogP) is 3.29. The molecule has 10 heteroatoms. The Bertz CT molecular complexity index is 1100. The number of anilines is 4. The van der Waals surface area contributed by atoms with Gasteiger partial charge in [-0.25, -0.2) is 9.78 Å². The van der Waals surface area contributed by atoms with E-state index in [0.29, 0.717) is 49.2 Å². The van der Waals surface area contributed by atoms with Crippen LogP contribution in [0.1, 0.15) is 5.69 Å². The second kappa shape index (κ2) is 10.0. The summed E-state index contributed by atoms with van der Waals surface area (Å²) in [6, 6.07) is 14.7. The molecule has 0 spiro atoms. The number of ether oxygens (including phenoxy) is 2. The number of amides is 2. The number of urea groups is 1. The largest absolute Gasteiger partial charge is 0.493 e. The maximum atomic E-state index is 12.7. The number of carbonyl (C=O) groups is 1. The summed E-state index contributed by atoms with van der Waals surface area (Å²) in [7, 11) is 3.14. The number of aromatic nitrogens is 3. The fourth-order valence-corrected chi connectivity index (χ4v) is 3.56. The average Bonchev–Trinajstić information content (AvgIpc) is 2.84. The van der Waals surface area contributed by atoms with Gasteiger partial charge < -0.3 is 29.9 Å². The molecular weight excluding hydrogens is 422 g/mol. The van der Waals surface area contributed by atoms with E-state index in [1.54, 1.807) is 37.3 Å². The minimum Gasteiger partial charge on any atom is -0.493 e. The zero-order valence-electron chi connectivity index (χ0n) is 18.9. The molecule has 1 aromatic carbocycles. The summed E-state index contributed by atoms with van der Waals surface area (Å²) in [6.45, 7) is 4.43. The summed E-state index contributed by atoms with van der Waals surface area (Å²) in [5.41, 5.74) is 1.58. The molecule has 1 aliphatic heterocycles. The molecule has 0 radical (unpaired) electrons. The maximum absolute atomic E-state index is 12.7. The van der Waals surface area contributed by atoms with Crippen LogP contribution in [0.15, 0.2) is 48.5 Å². The number of piperazine rings is 1. The van der Waals surface area contributed by atoms with Crippen LogP contribution in [0.4, 0.5) is 27.9 Å². The lowest BCUT2D eigenvalue weighted by Crippen LogP contribution is -2.50. The molecule has 0 unspecified atom stereocenters. The summed E-state index contributed by atoms with van der Waals surface area (Å²) in [6.07, 6.45) is 0. The van der Waals surface area contributed by atoms with E-state index in [0.717, 1.165) is 17.3 Å². The lowest BCUT2D eigenvalue weighted by Gasteiger charge is -2.35. The van der Waals surface area contributed by atoms with Crippen LogP contribution in [0.25, 0.3) is 0 Å². The lowest BCUT2D eigenvalue weighted by molar-refractivity contribution is 0.208. The Balaban J connectivity index is 1.30. The van der Waals surface area contributed by atoms with Crippen molar-refractivity contribution in [3.63, 3.8) is 0 Å². The second-order valence-electron chi connectivity index (χ2n) is 7.54. The Morgan fingerprint density at radius 3 is 2.36 bits per heavy atom. The van der Waals surface area contributed by atoms with Crippen LogP contribution in [-0.2, 0) is 0 Å². The van der Waals surface area contributed by atoms with Gasteiger partial charge >= 0.3 is 6.03 Å². The van der Waals surface area contributed by atoms with E-state index >= 15 is 0 Å². The van der Waals surface area contributed by atoms with E-state index in [2.05, 4.69) is 30.7 Å². The molecule has 33 heavy (non-hydrogen) atoms. The number of aryl methyl sites for hydroxylation is 1. The van der Waals surface area contributed by atoms with Gasteiger partial charge in [-0.15, -0.1) is 10.2 Å². The Kier molecular flexibility index (Phi) is 6.72. The lowest BCUT2D eigenvalue weighted by atomic mass is 10.2. The quantitative estimate of drug-likeness (QED) is 0.591. The second-order valence-corrected chi connectivity index (χ2v) is 7.54. The minimum absolute atomic E-state index is 0.154. The predicted molar refractivity (Wildman–Crippen MR) is 127 cm³/mol. The van der Waals surface area contributed by atoms with Crippen molar-refractivity contribution in [1.82, 2.24) is 20.1 Å². The maximum Gasteiger partial charge on any atom is 0.321 e. The average molecular weight is 450 g/mol. The Morgan fingerprint density at radius 1 is 0.909 bits per heavy atom. The van der Waals surface area contributed by atoms with Gasteiger partial charge in [0.2, 0.25) is 0 Å². The van der Waals surface area contributed by atoms with Crippen LogP contribution in [-0.4, -0.2) is 66.5 Å². The number of benzene rings is 1. The van der Waals surface area contributed by atoms with Crippen molar-refractivity contribution in [3.8, 4) is 11.5 Å². The highest BCUT2D eigenvalue weighted by Gasteiger charge is 2.22. The number of rotatable bonds is 6. The molecule has 10 nitrogen and oxygen atoms in total. The van der Waals surface area contributed by atoms with Crippen molar-refractivity contribution in [2.24, 2.45) is 0 Å². The van der Waals surface area contributed by atoms with Gasteiger partial charge in [-0.3, -0.25) is 0 Å². The molecule has 2 amide bonds. The molecule has 3 heterocycles. The van der Waals surface area contributed by atoms with Crippen LogP contribution in [0.5, 0.6) is 11.5 Å². The highest BCUT2D eigenvalue weighted by Crippen LogP contribution is 2.30. The minimum atomic E-state index is -0.154. The first kappa shape index (κ1) is 22.1. The fourth-order valence-electron chi connectivity index (χ4n) is 3.56. The number of hydrogen-bond donors (Lipinski definition) is 2. The van der Waals surface area contributed by atoms with Crippen LogP contribution in [0.2, 0.25) is 0 Å². The van der Waals surface area contributed by atoms with Crippen molar-refractivity contribution in [1.29, 1.82) is 0 Å². The first-order valence-corrected chi connectivity index (χ1v) is 10.6. The summed E-state index contributed by atoms with van der Waals surface area (Å²) >= 11 is 0. The highest BCUT2D eigenvalue weighted by molar-refractivity contribution is 5.90. The van der Waals surface area contributed by atoms with Gasteiger partial charge in [0.1, 0.15) is 5.82 Å². The Labute approximate surface area is 192 Å². The molecule has 172 valence electrons. The number of nitrogens with zero attached hydrogens (tertiary/aromatic N) is 5. The van der Waals surface area contributed by atoms with Gasteiger partial charge in [-0.2, -0.15) is 0 Å². The third kappa shape index (κ3) is 5.40. The zero-order chi connectivity index (χ0) is 23.2. The number of nitrogens with one attached hydrogen (secondary N) is 2. The van der Waals surface area contributed by atoms with Gasteiger partial charge in [0.05, 0.1) is 14.2 Å². The monoisotopic (exact) mass is 449 g/mol. The topological polar surface area (TPSA) is 105 Å². The van der Waals surface area contributed by atoms with E-state index in [1.807, 2.05) is 37.3 Å². The van der Waals surface area contributed by atoms with Crippen molar-refractivity contribution in [3.05, 3.63) is 54.2 Å². The molecule has 4 rings (SSSR count). The summed E-state index contributed by atoms with van der Waals surface area (Å²) in [5, 5.41) is 14.7. The molecular formula is C23H27N7O3. The number of carbonyl (C=O) groups excluding carboxylic acids is 1. The van der Waals surface area contributed by atoms with E-state index in [4.69, 9.17) is 9.47 Å². The summed E-state index contributed by atoms with van der Waals surface area (Å²) < 4.78 is 10.5. The molecule has 0 atom stereocenters. The highest BCUT2D eigenvalue weighted by atomic mass is 16.5. The summed E-state index contributed by atoms with van der Waals surface area (Å²) in [5.74, 6) is 3.31. The number of pyridine rings is 1. The van der Waals surface area contributed by atoms with E-state index in [9.17, 15) is 4.79 Å². The SMILES string of the molecule is COc1ccc(NC(=O)N2CCN(c3ccc(Nc4cccc(C)n4)nn3)CC2)cc1OC. The van der Waals surface area contributed by atoms with Crippen LogP contribution < -0.4 is 25.0 Å². The Morgan fingerprint density at radius 2 is 1.70 bits per heavy atom. The van der Waals surface area contributed by atoms with E-state index in [1.165, 1.54) is 0 Å². The van der Waals surface area contributed by atoms with Crippen molar-refractivity contribution < 1.29 is 14.3 Å². The van der Waals surface area contributed by atoms with E-state index < -0.39 is 0 Å². The smallest absolute Gasteiger partial charge is 0.321 e. The van der Waals surface area contributed by atoms with Gasteiger partial charge in [0.15, 0.2) is 23.1 Å². The first-order chi connectivity index (χ1) is 16.1. The first-order valence-electron chi connectivity index (χ1n) is 10.6. The molecule has 1 saturated heterocycles. The molecule has 0 bridgehead atoms. The molecule has 2 aromatic heterocycles. The molecule has 0 saturated carbocycles.